The molecule has 5 nitrogen and oxygen atoms in total. The van der Waals surface area contributed by atoms with E-state index in [0.29, 0.717) is 16.5 Å². The van der Waals surface area contributed by atoms with Crippen molar-refractivity contribution in [3.8, 4) is 5.75 Å². The maximum atomic E-state index is 11.8. The fourth-order valence-corrected chi connectivity index (χ4v) is 2.17. The predicted octanol–water partition coefficient (Wildman–Crippen LogP) is 3.60. The average Bonchev–Trinajstić information content (AvgIpc) is 2.56. The van der Waals surface area contributed by atoms with Gasteiger partial charge in [-0.05, 0) is 42.8 Å². The molecular formula is C18H18ClNO4. The van der Waals surface area contributed by atoms with Crippen molar-refractivity contribution >= 4 is 29.2 Å². The van der Waals surface area contributed by atoms with Gasteiger partial charge < -0.3 is 14.8 Å². The Bertz CT molecular complexity index is 703. The first kappa shape index (κ1) is 17.8. The van der Waals surface area contributed by atoms with Gasteiger partial charge in [0.2, 0.25) is 0 Å². The molecule has 24 heavy (non-hydrogen) atoms. The Hall–Kier alpha value is -2.53. The summed E-state index contributed by atoms with van der Waals surface area (Å²) in [7, 11) is 0. The number of anilines is 1. The molecule has 0 aromatic heterocycles. The van der Waals surface area contributed by atoms with Crippen LogP contribution in [-0.4, -0.2) is 25.1 Å². The van der Waals surface area contributed by atoms with Crippen LogP contribution in [0.15, 0.2) is 48.5 Å². The highest BCUT2D eigenvalue weighted by Gasteiger charge is 2.09. The molecule has 2 aromatic carbocycles. The van der Waals surface area contributed by atoms with Gasteiger partial charge in [-0.25, -0.2) is 0 Å². The van der Waals surface area contributed by atoms with E-state index in [9.17, 15) is 9.59 Å². The van der Waals surface area contributed by atoms with Crippen molar-refractivity contribution in [1.82, 2.24) is 0 Å². The number of benzene rings is 2. The van der Waals surface area contributed by atoms with Gasteiger partial charge in [0.1, 0.15) is 5.75 Å². The molecule has 0 aliphatic rings. The van der Waals surface area contributed by atoms with E-state index in [2.05, 4.69) is 5.32 Å². The predicted molar refractivity (Wildman–Crippen MR) is 92.3 cm³/mol. The molecule has 0 unspecified atom stereocenters. The lowest BCUT2D eigenvalue weighted by atomic mass is 10.2. The summed E-state index contributed by atoms with van der Waals surface area (Å²) in [6.45, 7) is 1.68. The molecule has 0 saturated carbocycles. The minimum atomic E-state index is -0.492. The summed E-state index contributed by atoms with van der Waals surface area (Å²) in [6, 6.07) is 14.3. The summed E-state index contributed by atoms with van der Waals surface area (Å²) in [5.41, 5.74) is 1.46. The molecule has 1 amide bonds. The summed E-state index contributed by atoms with van der Waals surface area (Å²) in [4.78, 5) is 23.4. The van der Waals surface area contributed by atoms with Gasteiger partial charge in [-0.3, -0.25) is 9.59 Å². The van der Waals surface area contributed by atoms with Gasteiger partial charge in [0.15, 0.2) is 6.61 Å². The Morgan fingerprint density at radius 3 is 2.58 bits per heavy atom. The van der Waals surface area contributed by atoms with Gasteiger partial charge in [0.25, 0.3) is 5.91 Å². The molecule has 0 fully saturated rings. The molecule has 0 radical (unpaired) electrons. The number of ether oxygens (including phenoxy) is 2. The third-order valence-corrected chi connectivity index (χ3v) is 3.38. The maximum absolute atomic E-state index is 11.8. The molecular weight excluding hydrogens is 330 g/mol. The average molecular weight is 348 g/mol. The zero-order valence-corrected chi connectivity index (χ0v) is 14.0. The van der Waals surface area contributed by atoms with Crippen molar-refractivity contribution in [2.75, 3.05) is 18.5 Å². The van der Waals surface area contributed by atoms with Crippen molar-refractivity contribution in [3.05, 3.63) is 59.1 Å². The number of hydrogen-bond donors (Lipinski definition) is 1. The van der Waals surface area contributed by atoms with Gasteiger partial charge in [-0.2, -0.15) is 0 Å². The van der Waals surface area contributed by atoms with Gasteiger partial charge in [-0.15, -0.1) is 0 Å². The summed E-state index contributed by atoms with van der Waals surface area (Å²) in [5, 5.41) is 3.26. The molecule has 2 rings (SSSR count). The van der Waals surface area contributed by atoms with Crippen LogP contribution in [-0.2, 0) is 14.3 Å². The molecule has 1 N–H and O–H groups in total. The maximum Gasteiger partial charge on any atom is 0.309 e. The summed E-state index contributed by atoms with van der Waals surface area (Å²) in [5.74, 6) is -0.215. The van der Waals surface area contributed by atoms with Gasteiger partial charge in [0.05, 0.1) is 13.0 Å². The summed E-state index contributed by atoms with van der Waals surface area (Å²) < 4.78 is 10.3. The molecule has 0 aliphatic carbocycles. The largest absolute Gasteiger partial charge is 0.493 e. The highest BCUT2D eigenvalue weighted by Crippen LogP contribution is 2.19. The minimum Gasteiger partial charge on any atom is -0.493 e. The lowest BCUT2D eigenvalue weighted by Crippen LogP contribution is -2.22. The number of amides is 1. The van der Waals surface area contributed by atoms with E-state index >= 15 is 0 Å². The molecule has 0 saturated heterocycles. The van der Waals surface area contributed by atoms with E-state index in [0.717, 1.165) is 5.56 Å². The molecule has 2 aromatic rings. The molecule has 0 heterocycles. The first-order valence-corrected chi connectivity index (χ1v) is 7.82. The van der Waals surface area contributed by atoms with E-state index in [-0.39, 0.29) is 19.6 Å². The Morgan fingerprint density at radius 2 is 1.88 bits per heavy atom. The normalized spacial score (nSPS) is 10.1. The Morgan fingerprint density at radius 1 is 1.12 bits per heavy atom. The second-order valence-electron chi connectivity index (χ2n) is 5.08. The van der Waals surface area contributed by atoms with Crippen LogP contribution in [0.1, 0.15) is 12.0 Å². The number of halogens is 1. The number of aryl methyl sites for hydroxylation is 1. The highest BCUT2D eigenvalue weighted by molar-refractivity contribution is 6.30. The number of carbonyl (C=O) groups is 2. The van der Waals surface area contributed by atoms with Crippen molar-refractivity contribution in [2.45, 2.75) is 13.3 Å². The van der Waals surface area contributed by atoms with Crippen LogP contribution in [0.5, 0.6) is 5.75 Å². The zero-order valence-electron chi connectivity index (χ0n) is 13.3. The van der Waals surface area contributed by atoms with Gasteiger partial charge >= 0.3 is 5.97 Å². The monoisotopic (exact) mass is 347 g/mol. The van der Waals surface area contributed by atoms with Crippen molar-refractivity contribution in [1.29, 1.82) is 0 Å². The van der Waals surface area contributed by atoms with Crippen LogP contribution in [0.4, 0.5) is 5.69 Å². The number of para-hydroxylation sites is 1. The number of carbonyl (C=O) groups excluding carboxylic acids is 2. The summed E-state index contributed by atoms with van der Waals surface area (Å²) >= 11 is 5.86. The summed E-state index contributed by atoms with van der Waals surface area (Å²) in [6.07, 6.45) is 0.0716. The fraction of sp³-hybridized carbons (Fsp3) is 0.222. The Balaban J connectivity index is 1.68. The first-order chi connectivity index (χ1) is 11.5. The second-order valence-corrected chi connectivity index (χ2v) is 5.52. The molecule has 6 heteroatoms. The number of esters is 1. The minimum absolute atomic E-state index is 0.0716. The standard InChI is InChI=1S/C18H18ClNO4/c1-13-11-14(19)7-8-16(13)20-17(21)12-24-18(22)9-10-23-15-5-3-2-4-6-15/h2-8,11H,9-10,12H2,1H3,(H,20,21). The quantitative estimate of drug-likeness (QED) is 0.777. The van der Waals surface area contributed by atoms with E-state index in [4.69, 9.17) is 21.1 Å². The van der Waals surface area contributed by atoms with Crippen molar-refractivity contribution in [3.63, 3.8) is 0 Å². The number of hydrogen-bond acceptors (Lipinski definition) is 4. The lowest BCUT2D eigenvalue weighted by molar-refractivity contribution is -0.147. The van der Waals surface area contributed by atoms with Crippen LogP contribution in [0.3, 0.4) is 0 Å². The lowest BCUT2D eigenvalue weighted by Gasteiger charge is -2.09. The SMILES string of the molecule is Cc1cc(Cl)ccc1NC(=O)COC(=O)CCOc1ccccc1. The van der Waals surface area contributed by atoms with E-state index < -0.39 is 11.9 Å². The molecule has 0 bridgehead atoms. The first-order valence-electron chi connectivity index (χ1n) is 7.44. The molecule has 0 spiro atoms. The van der Waals surface area contributed by atoms with E-state index in [1.807, 2.05) is 25.1 Å². The van der Waals surface area contributed by atoms with Crippen LogP contribution >= 0.6 is 11.6 Å². The number of rotatable bonds is 7. The van der Waals surface area contributed by atoms with Crippen LogP contribution < -0.4 is 10.1 Å². The molecule has 0 atom stereocenters. The third-order valence-electron chi connectivity index (χ3n) is 3.14. The smallest absolute Gasteiger partial charge is 0.309 e. The fourth-order valence-electron chi connectivity index (χ4n) is 1.94. The highest BCUT2D eigenvalue weighted by atomic mass is 35.5. The van der Waals surface area contributed by atoms with Gasteiger partial charge in [0, 0.05) is 10.7 Å². The molecule has 126 valence electrons. The number of nitrogens with one attached hydrogen (secondary N) is 1. The van der Waals surface area contributed by atoms with Crippen molar-refractivity contribution in [2.24, 2.45) is 0 Å². The van der Waals surface area contributed by atoms with Crippen LogP contribution in [0, 0.1) is 6.92 Å². The third kappa shape index (κ3) is 5.93. The second kappa shape index (κ2) is 8.93. The topological polar surface area (TPSA) is 64.6 Å². The van der Waals surface area contributed by atoms with Crippen LogP contribution in [0.2, 0.25) is 5.02 Å². The van der Waals surface area contributed by atoms with Crippen molar-refractivity contribution < 1.29 is 19.1 Å². The van der Waals surface area contributed by atoms with Crippen LogP contribution in [0.25, 0.3) is 0 Å². The zero-order chi connectivity index (χ0) is 17.4. The Labute approximate surface area is 145 Å². The van der Waals surface area contributed by atoms with Gasteiger partial charge in [-0.1, -0.05) is 29.8 Å². The molecule has 0 aliphatic heterocycles. The van der Waals surface area contributed by atoms with E-state index in [1.54, 1.807) is 30.3 Å². The van der Waals surface area contributed by atoms with E-state index in [1.165, 1.54) is 0 Å². The Kier molecular flexibility index (Phi) is 6.63.